The number of carbonyl (C=O) groups is 2. The van der Waals surface area contributed by atoms with Crippen LogP contribution in [0.2, 0.25) is 0 Å². The van der Waals surface area contributed by atoms with E-state index >= 15 is 0 Å². The SMILES string of the molecule is COC(=O)c1ccc(OC)c(S(=O)(=O)N2CC(n3cc(CN4CCCC4=O)nn3)C2)c1. The number of sulfonamides is 1. The highest BCUT2D eigenvalue weighted by atomic mass is 32.2. The number of benzene rings is 1. The Morgan fingerprint density at radius 3 is 2.68 bits per heavy atom. The minimum atomic E-state index is -3.88. The van der Waals surface area contributed by atoms with Gasteiger partial charge in [0.05, 0.1) is 38.6 Å². The van der Waals surface area contributed by atoms with Gasteiger partial charge in [-0.25, -0.2) is 17.9 Å². The van der Waals surface area contributed by atoms with E-state index in [2.05, 4.69) is 15.0 Å². The molecule has 4 rings (SSSR count). The van der Waals surface area contributed by atoms with E-state index in [1.165, 1.54) is 36.7 Å². The van der Waals surface area contributed by atoms with E-state index in [1.54, 1.807) is 15.8 Å². The van der Waals surface area contributed by atoms with Gasteiger partial charge >= 0.3 is 5.97 Å². The number of likely N-dealkylation sites (tertiary alicyclic amines) is 1. The lowest BCUT2D eigenvalue weighted by atomic mass is 10.2. The Balaban J connectivity index is 1.46. The monoisotopic (exact) mass is 449 g/mol. The number of esters is 1. The van der Waals surface area contributed by atoms with E-state index in [1.807, 2.05) is 0 Å². The summed E-state index contributed by atoms with van der Waals surface area (Å²) < 4.78 is 39.0. The fourth-order valence-electron chi connectivity index (χ4n) is 3.67. The molecule has 0 atom stereocenters. The van der Waals surface area contributed by atoms with Gasteiger partial charge in [-0.05, 0) is 24.6 Å². The molecular formula is C19H23N5O6S. The number of rotatable bonds is 7. The van der Waals surface area contributed by atoms with Crippen molar-refractivity contribution in [2.24, 2.45) is 0 Å². The van der Waals surface area contributed by atoms with E-state index in [-0.39, 0.29) is 41.2 Å². The Kier molecular flexibility index (Phi) is 5.67. The van der Waals surface area contributed by atoms with Crippen molar-refractivity contribution in [3.05, 3.63) is 35.7 Å². The second kappa shape index (κ2) is 8.27. The number of nitrogens with zero attached hydrogens (tertiary/aromatic N) is 5. The van der Waals surface area contributed by atoms with E-state index < -0.39 is 16.0 Å². The Bertz CT molecular complexity index is 1110. The first-order valence-corrected chi connectivity index (χ1v) is 11.2. The molecule has 2 fully saturated rings. The van der Waals surface area contributed by atoms with Crippen molar-refractivity contribution in [1.29, 1.82) is 0 Å². The number of hydrogen-bond donors (Lipinski definition) is 0. The second-order valence-corrected chi connectivity index (χ2v) is 9.35. The Morgan fingerprint density at radius 1 is 1.26 bits per heavy atom. The molecule has 0 unspecified atom stereocenters. The topological polar surface area (TPSA) is 124 Å². The third kappa shape index (κ3) is 4.00. The summed E-state index contributed by atoms with van der Waals surface area (Å²) in [7, 11) is -1.29. The maximum atomic E-state index is 13.1. The van der Waals surface area contributed by atoms with Gasteiger partial charge in [-0.3, -0.25) is 4.79 Å². The van der Waals surface area contributed by atoms with Crippen molar-refractivity contribution in [2.75, 3.05) is 33.9 Å². The predicted octanol–water partition coefficient (Wildman–Crippen LogP) is 0.441. The molecule has 31 heavy (non-hydrogen) atoms. The molecule has 1 aromatic carbocycles. The number of methoxy groups -OCH3 is 2. The highest BCUT2D eigenvalue weighted by Crippen LogP contribution is 2.33. The normalized spacial score (nSPS) is 17.6. The average molecular weight is 449 g/mol. The van der Waals surface area contributed by atoms with Crippen LogP contribution in [-0.2, 0) is 26.1 Å². The van der Waals surface area contributed by atoms with Crippen LogP contribution in [0.1, 0.15) is 34.9 Å². The summed E-state index contributed by atoms with van der Waals surface area (Å²) in [5, 5.41) is 8.21. The molecule has 3 heterocycles. The molecule has 0 N–H and O–H groups in total. The van der Waals surface area contributed by atoms with E-state index in [0.717, 1.165) is 6.42 Å². The van der Waals surface area contributed by atoms with Crippen molar-refractivity contribution in [3.8, 4) is 5.75 Å². The largest absolute Gasteiger partial charge is 0.495 e. The fourth-order valence-corrected chi connectivity index (χ4v) is 5.37. The van der Waals surface area contributed by atoms with Gasteiger partial charge in [0.2, 0.25) is 15.9 Å². The van der Waals surface area contributed by atoms with Gasteiger partial charge < -0.3 is 14.4 Å². The third-order valence-electron chi connectivity index (χ3n) is 5.49. The van der Waals surface area contributed by atoms with Gasteiger partial charge in [-0.15, -0.1) is 5.10 Å². The van der Waals surface area contributed by atoms with E-state index in [0.29, 0.717) is 25.2 Å². The second-order valence-electron chi connectivity index (χ2n) is 7.44. The quantitative estimate of drug-likeness (QED) is 0.558. The van der Waals surface area contributed by atoms with Crippen LogP contribution in [0.4, 0.5) is 0 Å². The Labute approximate surface area is 179 Å². The number of hydrogen-bond acceptors (Lipinski definition) is 8. The van der Waals surface area contributed by atoms with Gasteiger partial charge in [-0.1, -0.05) is 5.21 Å². The van der Waals surface area contributed by atoms with Gasteiger partial charge in [-0.2, -0.15) is 4.31 Å². The molecule has 2 aliphatic heterocycles. The fraction of sp³-hybridized carbons (Fsp3) is 0.474. The number of aromatic nitrogens is 3. The van der Waals surface area contributed by atoms with Crippen molar-refractivity contribution < 1.29 is 27.5 Å². The molecule has 1 aromatic heterocycles. The molecule has 2 aliphatic rings. The summed E-state index contributed by atoms with van der Waals surface area (Å²) in [6.07, 6.45) is 3.16. The molecule has 11 nitrogen and oxygen atoms in total. The van der Waals surface area contributed by atoms with Crippen LogP contribution in [0.15, 0.2) is 29.3 Å². The third-order valence-corrected chi connectivity index (χ3v) is 7.34. The maximum absolute atomic E-state index is 13.1. The minimum absolute atomic E-state index is 0.0943. The Morgan fingerprint density at radius 2 is 2.03 bits per heavy atom. The zero-order valence-corrected chi connectivity index (χ0v) is 18.0. The number of ether oxygens (including phenoxy) is 2. The number of carbonyl (C=O) groups excluding carboxylic acids is 2. The molecule has 1 amide bonds. The summed E-state index contributed by atoms with van der Waals surface area (Å²) in [6.45, 7) is 1.54. The molecule has 166 valence electrons. The molecule has 0 spiro atoms. The van der Waals surface area contributed by atoms with Crippen LogP contribution < -0.4 is 4.74 Å². The van der Waals surface area contributed by atoms with Gasteiger partial charge in [0.25, 0.3) is 0 Å². The molecule has 2 saturated heterocycles. The van der Waals surface area contributed by atoms with Crippen molar-refractivity contribution in [2.45, 2.75) is 30.3 Å². The smallest absolute Gasteiger partial charge is 0.337 e. The lowest BCUT2D eigenvalue weighted by molar-refractivity contribution is -0.128. The van der Waals surface area contributed by atoms with E-state index in [9.17, 15) is 18.0 Å². The lowest BCUT2D eigenvalue weighted by Gasteiger charge is -2.37. The van der Waals surface area contributed by atoms with Gasteiger partial charge in [0, 0.05) is 26.1 Å². The number of amides is 1. The minimum Gasteiger partial charge on any atom is -0.495 e. The first-order chi connectivity index (χ1) is 14.8. The van der Waals surface area contributed by atoms with Crippen molar-refractivity contribution >= 4 is 21.9 Å². The Hall–Kier alpha value is -2.99. The van der Waals surface area contributed by atoms with Crippen molar-refractivity contribution in [3.63, 3.8) is 0 Å². The average Bonchev–Trinajstić information content (AvgIpc) is 3.35. The summed E-state index contributed by atoms with van der Waals surface area (Å²) in [5.74, 6) is -0.375. The summed E-state index contributed by atoms with van der Waals surface area (Å²) in [4.78, 5) is 25.2. The molecular weight excluding hydrogens is 426 g/mol. The lowest BCUT2D eigenvalue weighted by Crippen LogP contribution is -2.50. The van der Waals surface area contributed by atoms with Crippen molar-refractivity contribution in [1.82, 2.24) is 24.2 Å². The standard InChI is InChI=1S/C19H23N5O6S/c1-29-16-6-5-13(19(26)30-2)8-17(16)31(27,28)23-11-15(12-23)24-10-14(20-21-24)9-22-7-3-4-18(22)25/h5-6,8,10,15H,3-4,7,9,11-12H2,1-2H3. The summed E-state index contributed by atoms with van der Waals surface area (Å²) >= 11 is 0. The first-order valence-electron chi connectivity index (χ1n) is 9.78. The van der Waals surface area contributed by atoms with Crippen LogP contribution in [-0.4, -0.2) is 78.3 Å². The zero-order valence-electron chi connectivity index (χ0n) is 17.2. The molecule has 0 saturated carbocycles. The van der Waals surface area contributed by atoms with Crippen LogP contribution in [0.5, 0.6) is 5.75 Å². The molecule has 2 aromatic rings. The molecule has 0 radical (unpaired) electrons. The predicted molar refractivity (Wildman–Crippen MR) is 107 cm³/mol. The maximum Gasteiger partial charge on any atom is 0.337 e. The molecule has 0 bridgehead atoms. The van der Waals surface area contributed by atoms with Crippen LogP contribution >= 0.6 is 0 Å². The molecule has 12 heteroatoms. The molecule has 0 aliphatic carbocycles. The van der Waals surface area contributed by atoms with E-state index in [4.69, 9.17) is 4.74 Å². The summed E-state index contributed by atoms with van der Waals surface area (Å²) in [6, 6.07) is 3.97. The van der Waals surface area contributed by atoms with Crippen LogP contribution in [0.25, 0.3) is 0 Å². The first kappa shape index (κ1) is 21.2. The van der Waals surface area contributed by atoms with Gasteiger partial charge in [0.1, 0.15) is 16.3 Å². The summed E-state index contributed by atoms with van der Waals surface area (Å²) in [5.41, 5.74) is 0.792. The van der Waals surface area contributed by atoms with Crippen LogP contribution in [0, 0.1) is 0 Å². The van der Waals surface area contributed by atoms with Gasteiger partial charge in [0.15, 0.2) is 0 Å². The van der Waals surface area contributed by atoms with Crippen LogP contribution in [0.3, 0.4) is 0 Å². The highest BCUT2D eigenvalue weighted by Gasteiger charge is 2.40. The zero-order chi connectivity index (χ0) is 22.2. The highest BCUT2D eigenvalue weighted by molar-refractivity contribution is 7.89.